The number of hydrazine groups is 1. The van der Waals surface area contributed by atoms with Gasteiger partial charge in [0.05, 0.1) is 12.8 Å². The van der Waals surface area contributed by atoms with Crippen molar-refractivity contribution < 1.29 is 14.3 Å². The highest BCUT2D eigenvalue weighted by molar-refractivity contribution is 5.67. The zero-order chi connectivity index (χ0) is 21.8. The molecule has 1 aliphatic heterocycles. The molecule has 0 amide bonds. The Bertz CT molecular complexity index is 798. The molecule has 2 aromatic rings. The Morgan fingerprint density at radius 2 is 1.60 bits per heavy atom. The molecular weight excluding hydrogens is 380 g/mol. The predicted molar refractivity (Wildman–Crippen MR) is 120 cm³/mol. The lowest BCUT2D eigenvalue weighted by Crippen LogP contribution is -2.29. The third-order valence-corrected chi connectivity index (χ3v) is 4.59. The molecule has 0 radical (unpaired) electrons. The maximum absolute atomic E-state index is 9.82. The lowest BCUT2D eigenvalue weighted by atomic mass is 10.0. The van der Waals surface area contributed by atoms with Crippen molar-refractivity contribution >= 4 is 11.7 Å². The molecule has 1 fully saturated rings. The highest BCUT2D eigenvalue weighted by Gasteiger charge is 2.10. The van der Waals surface area contributed by atoms with E-state index in [-0.39, 0.29) is 11.9 Å². The van der Waals surface area contributed by atoms with Crippen LogP contribution in [-0.2, 0) is 9.53 Å². The summed E-state index contributed by atoms with van der Waals surface area (Å²) in [6, 6.07) is 16.6. The number of piperidine rings is 1. The van der Waals surface area contributed by atoms with Gasteiger partial charge in [-0.15, -0.1) is 0 Å². The molecular formula is C23H32N4O3. The van der Waals surface area contributed by atoms with E-state index < -0.39 is 0 Å². The van der Waals surface area contributed by atoms with Gasteiger partial charge in [0.15, 0.2) is 0 Å². The normalized spacial score (nSPS) is 13.7. The van der Waals surface area contributed by atoms with Gasteiger partial charge in [0.1, 0.15) is 5.75 Å². The first-order valence-electron chi connectivity index (χ1n) is 10.2. The van der Waals surface area contributed by atoms with Gasteiger partial charge < -0.3 is 25.5 Å². The van der Waals surface area contributed by atoms with Gasteiger partial charge in [0.25, 0.3) is 0 Å². The summed E-state index contributed by atoms with van der Waals surface area (Å²) in [5.41, 5.74) is 11.6. The van der Waals surface area contributed by atoms with Crippen molar-refractivity contribution in [3.63, 3.8) is 0 Å². The molecule has 7 nitrogen and oxygen atoms in total. The van der Waals surface area contributed by atoms with E-state index in [9.17, 15) is 4.79 Å². The summed E-state index contributed by atoms with van der Waals surface area (Å²) < 4.78 is 9.84. The summed E-state index contributed by atoms with van der Waals surface area (Å²) in [5.74, 6) is 5.84. The van der Waals surface area contributed by atoms with Gasteiger partial charge >= 0.3 is 5.97 Å². The second-order valence-corrected chi connectivity index (χ2v) is 6.86. The summed E-state index contributed by atoms with van der Waals surface area (Å²) in [5, 5.41) is 0. The fourth-order valence-corrected chi connectivity index (χ4v) is 3.18. The summed E-state index contributed by atoms with van der Waals surface area (Å²) >= 11 is 0. The fraction of sp³-hybridized carbons (Fsp3) is 0.348. The number of benzene rings is 2. The van der Waals surface area contributed by atoms with Crippen LogP contribution >= 0.6 is 0 Å². The smallest absolute Gasteiger partial charge is 0.302 e. The van der Waals surface area contributed by atoms with E-state index in [2.05, 4.69) is 39.3 Å². The van der Waals surface area contributed by atoms with Gasteiger partial charge in [0.2, 0.25) is 5.88 Å². The predicted octanol–water partition coefficient (Wildman–Crippen LogP) is 3.51. The highest BCUT2D eigenvalue weighted by atomic mass is 16.5. The topological polar surface area (TPSA) is 103 Å². The van der Waals surface area contributed by atoms with Crippen LogP contribution in [0.25, 0.3) is 11.1 Å². The molecule has 1 heterocycles. The Balaban J connectivity index is 0.000000469. The molecule has 5 N–H and O–H groups in total. The van der Waals surface area contributed by atoms with Crippen molar-refractivity contribution in [3.05, 3.63) is 60.6 Å². The van der Waals surface area contributed by atoms with E-state index in [4.69, 9.17) is 16.3 Å². The van der Waals surface area contributed by atoms with Crippen molar-refractivity contribution in [2.45, 2.75) is 33.1 Å². The first-order chi connectivity index (χ1) is 14.5. The molecule has 0 aromatic heterocycles. The average molecular weight is 413 g/mol. The SMILES string of the molecule is CCOC(C)=O.NN/C=C(\N)Oc1ccc(-c2ccc(N3CCCCC3)cc2)cc1. The standard InChI is InChI=1S/C19H24N4O.C4H8O2/c20-19(14-22-21)24-18-10-6-16(7-11-18)15-4-8-17(9-5-15)23-12-2-1-3-13-23;1-3-6-4(2)5/h4-11,14,22H,1-3,12-13,20-21H2;3H2,1-2H3/b19-14+;. The summed E-state index contributed by atoms with van der Waals surface area (Å²) in [6.07, 6.45) is 5.33. The summed E-state index contributed by atoms with van der Waals surface area (Å²) in [6.45, 7) is 5.98. The Kier molecular flexibility index (Phi) is 9.54. The molecule has 0 unspecified atom stereocenters. The molecule has 7 heteroatoms. The monoisotopic (exact) mass is 412 g/mol. The third-order valence-electron chi connectivity index (χ3n) is 4.59. The van der Waals surface area contributed by atoms with Crippen LogP contribution < -0.4 is 26.6 Å². The van der Waals surface area contributed by atoms with E-state index in [1.807, 2.05) is 24.3 Å². The van der Waals surface area contributed by atoms with E-state index in [1.54, 1.807) is 6.92 Å². The number of hydrogen-bond acceptors (Lipinski definition) is 7. The second kappa shape index (κ2) is 12.4. The van der Waals surface area contributed by atoms with Crippen molar-refractivity contribution in [3.8, 4) is 16.9 Å². The zero-order valence-electron chi connectivity index (χ0n) is 17.8. The second-order valence-electron chi connectivity index (χ2n) is 6.86. The Labute approximate surface area is 178 Å². The molecule has 0 saturated carbocycles. The first kappa shape index (κ1) is 23.1. The van der Waals surface area contributed by atoms with Gasteiger partial charge in [0, 0.05) is 25.7 Å². The van der Waals surface area contributed by atoms with Crippen LogP contribution in [0.3, 0.4) is 0 Å². The summed E-state index contributed by atoms with van der Waals surface area (Å²) in [4.78, 5) is 12.3. The molecule has 1 saturated heterocycles. The molecule has 0 atom stereocenters. The van der Waals surface area contributed by atoms with Crippen molar-refractivity contribution in [2.75, 3.05) is 24.6 Å². The van der Waals surface area contributed by atoms with Crippen molar-refractivity contribution in [1.29, 1.82) is 0 Å². The van der Waals surface area contributed by atoms with Crippen LogP contribution in [0, 0.1) is 0 Å². The maximum atomic E-state index is 9.82. The molecule has 162 valence electrons. The molecule has 0 spiro atoms. The van der Waals surface area contributed by atoms with Gasteiger partial charge in [-0.2, -0.15) is 0 Å². The molecule has 0 aliphatic carbocycles. The quantitative estimate of drug-likeness (QED) is 0.289. The lowest BCUT2D eigenvalue weighted by Gasteiger charge is -2.28. The highest BCUT2D eigenvalue weighted by Crippen LogP contribution is 2.26. The van der Waals surface area contributed by atoms with Gasteiger partial charge in [-0.3, -0.25) is 10.6 Å². The average Bonchev–Trinajstić information content (AvgIpc) is 2.76. The summed E-state index contributed by atoms with van der Waals surface area (Å²) in [7, 11) is 0. The van der Waals surface area contributed by atoms with Crippen molar-refractivity contribution in [1.82, 2.24) is 5.43 Å². The number of nitrogens with two attached hydrogens (primary N) is 2. The van der Waals surface area contributed by atoms with E-state index in [0.29, 0.717) is 12.4 Å². The number of nitrogens with zero attached hydrogens (tertiary/aromatic N) is 1. The van der Waals surface area contributed by atoms with E-state index in [1.165, 1.54) is 43.6 Å². The van der Waals surface area contributed by atoms with Crippen LogP contribution in [0.2, 0.25) is 0 Å². The number of anilines is 1. The van der Waals surface area contributed by atoms with E-state index >= 15 is 0 Å². The Hall–Kier alpha value is -3.19. The van der Waals surface area contributed by atoms with Crippen LogP contribution in [0.1, 0.15) is 33.1 Å². The van der Waals surface area contributed by atoms with E-state index in [0.717, 1.165) is 18.7 Å². The zero-order valence-corrected chi connectivity index (χ0v) is 17.8. The molecule has 30 heavy (non-hydrogen) atoms. The first-order valence-corrected chi connectivity index (χ1v) is 10.2. The lowest BCUT2D eigenvalue weighted by molar-refractivity contribution is -0.140. The minimum absolute atomic E-state index is 0.211. The number of ether oxygens (including phenoxy) is 2. The van der Waals surface area contributed by atoms with Gasteiger partial charge in [-0.25, -0.2) is 0 Å². The van der Waals surface area contributed by atoms with Crippen LogP contribution in [0.4, 0.5) is 5.69 Å². The maximum Gasteiger partial charge on any atom is 0.302 e. The third kappa shape index (κ3) is 7.67. The van der Waals surface area contributed by atoms with Crippen LogP contribution in [-0.4, -0.2) is 25.7 Å². The number of nitrogens with one attached hydrogen (secondary N) is 1. The number of carbonyl (C=O) groups is 1. The van der Waals surface area contributed by atoms with Crippen LogP contribution in [0.15, 0.2) is 60.6 Å². The number of carbonyl (C=O) groups excluding carboxylic acids is 1. The van der Waals surface area contributed by atoms with Crippen molar-refractivity contribution in [2.24, 2.45) is 11.6 Å². The number of esters is 1. The molecule has 2 aromatic carbocycles. The minimum Gasteiger partial charge on any atom is -0.466 e. The van der Waals surface area contributed by atoms with Gasteiger partial charge in [-0.1, -0.05) is 24.3 Å². The largest absolute Gasteiger partial charge is 0.466 e. The minimum atomic E-state index is -0.211. The van der Waals surface area contributed by atoms with Gasteiger partial charge in [-0.05, 0) is 61.6 Å². The Morgan fingerprint density at radius 1 is 1.03 bits per heavy atom. The molecule has 1 aliphatic rings. The number of hydrogen-bond donors (Lipinski definition) is 3. The van der Waals surface area contributed by atoms with Crippen LogP contribution in [0.5, 0.6) is 5.75 Å². The Morgan fingerprint density at radius 3 is 2.07 bits per heavy atom. The molecule has 0 bridgehead atoms. The fourth-order valence-electron chi connectivity index (χ4n) is 3.18. The number of rotatable bonds is 6. The molecule has 3 rings (SSSR count).